The molecule has 2 heterocycles. The van der Waals surface area contributed by atoms with E-state index >= 15 is 0 Å². The SMILES string of the molecule is CCc1cnc(CN2CCCN(S(=O)(=O)c3ccc(C)cc3)CC2)o1. The zero-order chi connectivity index (χ0) is 17.9. The lowest BCUT2D eigenvalue weighted by atomic mass is 10.2. The van der Waals surface area contributed by atoms with Crippen LogP contribution in [0.2, 0.25) is 0 Å². The molecule has 2 aromatic rings. The van der Waals surface area contributed by atoms with Crippen molar-refractivity contribution >= 4 is 10.0 Å². The Balaban J connectivity index is 1.65. The van der Waals surface area contributed by atoms with Gasteiger partial charge in [0.05, 0.1) is 17.6 Å². The van der Waals surface area contributed by atoms with Crippen molar-refractivity contribution in [3.63, 3.8) is 0 Å². The first kappa shape index (κ1) is 18.1. The average Bonchev–Trinajstić information content (AvgIpc) is 2.91. The molecule has 0 unspecified atom stereocenters. The van der Waals surface area contributed by atoms with E-state index in [1.54, 1.807) is 22.6 Å². The summed E-state index contributed by atoms with van der Waals surface area (Å²) in [7, 11) is -3.43. The fourth-order valence-electron chi connectivity index (χ4n) is 2.98. The highest BCUT2D eigenvalue weighted by Crippen LogP contribution is 2.19. The number of rotatable bonds is 5. The summed E-state index contributed by atoms with van der Waals surface area (Å²) in [6.45, 7) is 7.14. The molecule has 25 heavy (non-hydrogen) atoms. The van der Waals surface area contributed by atoms with E-state index in [4.69, 9.17) is 4.42 Å². The van der Waals surface area contributed by atoms with E-state index in [0.717, 1.165) is 30.7 Å². The molecule has 1 aliphatic heterocycles. The predicted octanol–water partition coefficient (Wildman–Crippen LogP) is 2.44. The molecule has 3 rings (SSSR count). The van der Waals surface area contributed by atoms with Gasteiger partial charge in [0.15, 0.2) is 0 Å². The molecule has 7 heteroatoms. The van der Waals surface area contributed by atoms with Crippen molar-refractivity contribution in [2.45, 2.75) is 38.1 Å². The van der Waals surface area contributed by atoms with Crippen molar-refractivity contribution in [1.82, 2.24) is 14.2 Å². The maximum absolute atomic E-state index is 12.8. The lowest BCUT2D eigenvalue weighted by Gasteiger charge is -2.21. The third kappa shape index (κ3) is 4.29. The molecule has 0 spiro atoms. The van der Waals surface area contributed by atoms with Crippen molar-refractivity contribution in [2.24, 2.45) is 0 Å². The van der Waals surface area contributed by atoms with Gasteiger partial charge in [0.25, 0.3) is 0 Å². The molecule has 0 atom stereocenters. The minimum absolute atomic E-state index is 0.367. The molecule has 1 fully saturated rings. The molecule has 0 radical (unpaired) electrons. The monoisotopic (exact) mass is 363 g/mol. The van der Waals surface area contributed by atoms with Crippen molar-refractivity contribution in [3.8, 4) is 0 Å². The molecule has 0 aliphatic carbocycles. The van der Waals surface area contributed by atoms with E-state index in [2.05, 4.69) is 9.88 Å². The zero-order valence-electron chi connectivity index (χ0n) is 14.8. The highest BCUT2D eigenvalue weighted by atomic mass is 32.2. The van der Waals surface area contributed by atoms with E-state index in [9.17, 15) is 8.42 Å². The first-order chi connectivity index (χ1) is 12.0. The van der Waals surface area contributed by atoms with E-state index in [1.807, 2.05) is 26.0 Å². The van der Waals surface area contributed by atoms with Gasteiger partial charge in [-0.05, 0) is 32.0 Å². The lowest BCUT2D eigenvalue weighted by molar-refractivity contribution is 0.247. The van der Waals surface area contributed by atoms with Gasteiger partial charge in [-0.25, -0.2) is 13.4 Å². The normalized spacial score (nSPS) is 17.5. The Morgan fingerprint density at radius 3 is 2.56 bits per heavy atom. The van der Waals surface area contributed by atoms with Gasteiger partial charge in [0.1, 0.15) is 5.76 Å². The van der Waals surface area contributed by atoms with Gasteiger partial charge < -0.3 is 4.42 Å². The molecule has 6 nitrogen and oxygen atoms in total. The third-order valence-electron chi connectivity index (χ3n) is 4.52. The molecule has 1 aromatic carbocycles. The topological polar surface area (TPSA) is 66.7 Å². The molecule has 0 amide bonds. The van der Waals surface area contributed by atoms with E-state index < -0.39 is 10.0 Å². The highest BCUT2D eigenvalue weighted by molar-refractivity contribution is 7.89. The first-order valence-corrected chi connectivity index (χ1v) is 10.2. The lowest BCUT2D eigenvalue weighted by Crippen LogP contribution is -2.35. The predicted molar refractivity (Wildman–Crippen MR) is 95.7 cm³/mol. The number of aryl methyl sites for hydroxylation is 2. The van der Waals surface area contributed by atoms with Crippen LogP contribution < -0.4 is 0 Å². The molecule has 1 aromatic heterocycles. The maximum Gasteiger partial charge on any atom is 0.243 e. The van der Waals surface area contributed by atoms with Crippen LogP contribution in [0.5, 0.6) is 0 Å². The summed E-state index contributed by atoms with van der Waals surface area (Å²) < 4.78 is 32.9. The Morgan fingerprint density at radius 1 is 1.12 bits per heavy atom. The molecule has 0 saturated carbocycles. The van der Waals surface area contributed by atoms with Crippen LogP contribution in [0, 0.1) is 6.92 Å². The summed E-state index contributed by atoms with van der Waals surface area (Å²) in [5, 5.41) is 0. The largest absolute Gasteiger partial charge is 0.444 e. The fraction of sp³-hybridized carbons (Fsp3) is 0.500. The van der Waals surface area contributed by atoms with Gasteiger partial charge >= 0.3 is 0 Å². The highest BCUT2D eigenvalue weighted by Gasteiger charge is 2.27. The zero-order valence-corrected chi connectivity index (χ0v) is 15.6. The summed E-state index contributed by atoms with van der Waals surface area (Å²) in [5.41, 5.74) is 1.05. The Hall–Kier alpha value is -1.70. The molecule has 1 saturated heterocycles. The molecular weight excluding hydrogens is 338 g/mol. The van der Waals surface area contributed by atoms with Gasteiger partial charge in [-0.15, -0.1) is 0 Å². The Labute approximate surface area is 149 Å². The van der Waals surface area contributed by atoms with Gasteiger partial charge in [-0.2, -0.15) is 4.31 Å². The molecule has 0 bridgehead atoms. The van der Waals surface area contributed by atoms with Gasteiger partial charge in [0.2, 0.25) is 15.9 Å². The fourth-order valence-corrected chi connectivity index (χ4v) is 4.45. The van der Waals surface area contributed by atoms with Crippen LogP contribution >= 0.6 is 0 Å². The molecular formula is C18H25N3O3S. The van der Waals surface area contributed by atoms with E-state index in [0.29, 0.717) is 37.0 Å². The molecule has 1 aliphatic rings. The van der Waals surface area contributed by atoms with Crippen molar-refractivity contribution in [1.29, 1.82) is 0 Å². The van der Waals surface area contributed by atoms with Crippen LogP contribution in [0.4, 0.5) is 0 Å². The smallest absolute Gasteiger partial charge is 0.243 e. The number of hydrogen-bond acceptors (Lipinski definition) is 5. The van der Waals surface area contributed by atoms with Crippen molar-refractivity contribution in [3.05, 3.63) is 47.7 Å². The summed E-state index contributed by atoms with van der Waals surface area (Å²) in [6, 6.07) is 7.05. The van der Waals surface area contributed by atoms with Crippen LogP contribution in [-0.4, -0.2) is 48.8 Å². The van der Waals surface area contributed by atoms with Crippen molar-refractivity contribution in [2.75, 3.05) is 26.2 Å². The number of hydrogen-bond donors (Lipinski definition) is 0. The minimum Gasteiger partial charge on any atom is -0.444 e. The summed E-state index contributed by atoms with van der Waals surface area (Å²) >= 11 is 0. The summed E-state index contributed by atoms with van der Waals surface area (Å²) in [6.07, 6.45) is 3.39. The number of aromatic nitrogens is 1. The van der Waals surface area contributed by atoms with E-state index in [1.165, 1.54) is 0 Å². The van der Waals surface area contributed by atoms with Gasteiger partial charge in [-0.1, -0.05) is 24.6 Å². The number of benzene rings is 1. The van der Waals surface area contributed by atoms with Crippen LogP contribution in [0.25, 0.3) is 0 Å². The quantitative estimate of drug-likeness (QED) is 0.816. The summed E-state index contributed by atoms with van der Waals surface area (Å²) in [4.78, 5) is 6.87. The minimum atomic E-state index is -3.43. The average molecular weight is 363 g/mol. The second kappa shape index (κ2) is 7.68. The Bertz CT molecular complexity index is 799. The molecule has 0 N–H and O–H groups in total. The Kier molecular flexibility index (Phi) is 5.56. The first-order valence-electron chi connectivity index (χ1n) is 8.72. The number of sulfonamides is 1. The maximum atomic E-state index is 12.8. The summed E-state index contributed by atoms with van der Waals surface area (Å²) in [5.74, 6) is 1.58. The van der Waals surface area contributed by atoms with Crippen molar-refractivity contribution < 1.29 is 12.8 Å². The van der Waals surface area contributed by atoms with Crippen LogP contribution in [0.1, 0.15) is 30.6 Å². The second-order valence-corrected chi connectivity index (χ2v) is 8.36. The second-order valence-electron chi connectivity index (χ2n) is 6.42. The van der Waals surface area contributed by atoms with Crippen LogP contribution in [0.3, 0.4) is 0 Å². The van der Waals surface area contributed by atoms with Crippen LogP contribution in [-0.2, 0) is 23.0 Å². The molecule has 136 valence electrons. The number of nitrogens with zero attached hydrogens (tertiary/aromatic N) is 3. The van der Waals surface area contributed by atoms with Gasteiger partial charge in [0, 0.05) is 26.1 Å². The van der Waals surface area contributed by atoms with Gasteiger partial charge in [-0.3, -0.25) is 4.90 Å². The van der Waals surface area contributed by atoms with Crippen LogP contribution in [0.15, 0.2) is 39.8 Å². The Morgan fingerprint density at radius 2 is 1.88 bits per heavy atom. The third-order valence-corrected chi connectivity index (χ3v) is 6.43. The van der Waals surface area contributed by atoms with E-state index in [-0.39, 0.29) is 0 Å². The standard InChI is InChI=1S/C18H25N3O3S/c1-3-16-13-19-18(24-16)14-20-9-4-10-21(12-11-20)25(22,23)17-7-5-15(2)6-8-17/h5-8,13H,3-4,9-12,14H2,1-2H3. The number of oxazole rings is 1.